The van der Waals surface area contributed by atoms with E-state index in [2.05, 4.69) is 0 Å². The second-order valence-electron chi connectivity index (χ2n) is 5.21. The van der Waals surface area contributed by atoms with Crippen LogP contribution in [0.25, 0.3) is 0 Å². The van der Waals surface area contributed by atoms with E-state index in [0.29, 0.717) is 22.3 Å². The van der Waals surface area contributed by atoms with Crippen LogP contribution in [0.4, 0.5) is 0 Å². The summed E-state index contributed by atoms with van der Waals surface area (Å²) in [6, 6.07) is 13.7. The van der Waals surface area contributed by atoms with Gasteiger partial charge in [0, 0.05) is 22.3 Å². The molecule has 0 aliphatic heterocycles. The molecule has 0 atom stereocenters. The largest absolute Gasteiger partial charge is 0.412 e. The van der Waals surface area contributed by atoms with Crippen molar-refractivity contribution < 1.29 is 24.7 Å². The number of allylic oxidation sites excluding steroid dienone is 4. The lowest BCUT2D eigenvalue weighted by Gasteiger charge is -2.06. The van der Waals surface area contributed by atoms with E-state index in [9.17, 15) is 19.2 Å². The number of ketones is 4. The Morgan fingerprint density at radius 3 is 0.800 bits per heavy atom. The van der Waals surface area contributed by atoms with Gasteiger partial charge in [-0.15, -0.1) is 0 Å². The summed E-state index contributed by atoms with van der Waals surface area (Å²) in [7, 11) is 0. The molecule has 0 saturated carbocycles. The van der Waals surface area contributed by atoms with Gasteiger partial charge < -0.3 is 5.48 Å². The predicted molar refractivity (Wildman–Crippen MR) is 92.1 cm³/mol. The molecule has 2 aromatic carbocycles. The lowest BCUT2D eigenvalue weighted by Crippen LogP contribution is -2.10. The molecule has 4 rings (SSSR count). The molecule has 0 saturated heterocycles. The third kappa shape index (κ3) is 3.57. The molecular weight excluding hydrogens is 320 g/mol. The zero-order valence-corrected chi connectivity index (χ0v) is 13.1. The van der Waals surface area contributed by atoms with Crippen molar-refractivity contribution in [3.8, 4) is 0 Å². The number of carbonyl (C=O) groups excluding carboxylic acids is 4. The van der Waals surface area contributed by atoms with E-state index in [1.54, 1.807) is 48.5 Å². The molecule has 5 nitrogen and oxygen atoms in total. The minimum absolute atomic E-state index is 0. The van der Waals surface area contributed by atoms with Crippen molar-refractivity contribution in [2.45, 2.75) is 0 Å². The molecule has 2 aliphatic rings. The van der Waals surface area contributed by atoms with Gasteiger partial charge in [0.25, 0.3) is 0 Å². The van der Waals surface area contributed by atoms with Crippen LogP contribution in [0.3, 0.4) is 0 Å². The average molecular weight is 334 g/mol. The second kappa shape index (κ2) is 7.42. The van der Waals surface area contributed by atoms with Crippen LogP contribution in [-0.2, 0) is 0 Å². The summed E-state index contributed by atoms with van der Waals surface area (Å²) < 4.78 is 0. The van der Waals surface area contributed by atoms with Crippen LogP contribution in [0.15, 0.2) is 72.8 Å². The lowest BCUT2D eigenvalue weighted by molar-refractivity contribution is 0.0994. The van der Waals surface area contributed by atoms with Gasteiger partial charge in [0.05, 0.1) is 0 Å². The maximum atomic E-state index is 11.2. The van der Waals surface area contributed by atoms with E-state index in [0.717, 1.165) is 0 Å². The third-order valence-electron chi connectivity index (χ3n) is 3.69. The maximum Gasteiger partial charge on any atom is 0.186 e. The molecule has 5 heteroatoms. The number of rotatable bonds is 0. The summed E-state index contributed by atoms with van der Waals surface area (Å²) in [4.78, 5) is 44.8. The monoisotopic (exact) mass is 334 g/mol. The summed E-state index contributed by atoms with van der Waals surface area (Å²) in [5, 5.41) is 0. The van der Waals surface area contributed by atoms with Crippen molar-refractivity contribution in [2.24, 2.45) is 0 Å². The van der Waals surface area contributed by atoms with Crippen molar-refractivity contribution in [2.75, 3.05) is 0 Å². The van der Waals surface area contributed by atoms with Gasteiger partial charge >= 0.3 is 0 Å². The Balaban J connectivity index is 0.000000173. The first kappa shape index (κ1) is 17.9. The van der Waals surface area contributed by atoms with Crippen LogP contribution in [0.2, 0.25) is 0 Å². The van der Waals surface area contributed by atoms with Crippen LogP contribution in [-0.4, -0.2) is 28.6 Å². The van der Waals surface area contributed by atoms with E-state index < -0.39 is 0 Å². The number of carbonyl (C=O) groups is 4. The number of hydrogen-bond donors (Lipinski definition) is 0. The van der Waals surface area contributed by atoms with Gasteiger partial charge in [-0.2, -0.15) is 0 Å². The van der Waals surface area contributed by atoms with Gasteiger partial charge in [0.2, 0.25) is 0 Å². The van der Waals surface area contributed by atoms with Gasteiger partial charge in [-0.1, -0.05) is 48.5 Å². The Bertz CT molecular complexity index is 783. The smallest absolute Gasteiger partial charge is 0.186 e. The zero-order valence-electron chi connectivity index (χ0n) is 13.1. The van der Waals surface area contributed by atoms with Crippen molar-refractivity contribution >= 4 is 23.1 Å². The van der Waals surface area contributed by atoms with Gasteiger partial charge in [0.1, 0.15) is 0 Å². The third-order valence-corrected chi connectivity index (χ3v) is 3.69. The minimum atomic E-state index is -0.0924. The molecule has 0 fully saturated rings. The Morgan fingerprint density at radius 1 is 0.400 bits per heavy atom. The summed E-state index contributed by atoms with van der Waals surface area (Å²) in [6.45, 7) is 0. The van der Waals surface area contributed by atoms with Crippen LogP contribution < -0.4 is 0 Å². The molecule has 0 aromatic heterocycles. The van der Waals surface area contributed by atoms with Gasteiger partial charge in [-0.05, 0) is 24.3 Å². The van der Waals surface area contributed by atoms with Crippen molar-refractivity contribution in [3.05, 3.63) is 95.1 Å². The Labute approximate surface area is 143 Å². The molecule has 0 spiro atoms. The average Bonchev–Trinajstić information content (AvgIpc) is 2.63. The molecule has 0 bridgehead atoms. The highest BCUT2D eigenvalue weighted by Gasteiger charge is 2.17. The van der Waals surface area contributed by atoms with Crippen LogP contribution in [0.5, 0.6) is 0 Å². The Kier molecular flexibility index (Phi) is 5.31. The fourth-order valence-electron chi connectivity index (χ4n) is 2.49. The van der Waals surface area contributed by atoms with Gasteiger partial charge in [0.15, 0.2) is 23.1 Å². The quantitative estimate of drug-likeness (QED) is 0.738. The normalized spacial score (nSPS) is 14.1. The van der Waals surface area contributed by atoms with E-state index in [4.69, 9.17) is 0 Å². The van der Waals surface area contributed by atoms with Crippen LogP contribution >= 0.6 is 0 Å². The molecule has 0 unspecified atom stereocenters. The van der Waals surface area contributed by atoms with Crippen molar-refractivity contribution in [1.82, 2.24) is 0 Å². The maximum absolute atomic E-state index is 11.2. The van der Waals surface area contributed by atoms with E-state index in [-0.39, 0.29) is 28.6 Å². The SMILES string of the molecule is O.O=C1C=CC(=O)c2ccccc21.O=C1C=CC(=O)c2ccccc21. The molecule has 0 amide bonds. The molecule has 25 heavy (non-hydrogen) atoms. The van der Waals surface area contributed by atoms with Gasteiger partial charge in [-0.3, -0.25) is 19.2 Å². The van der Waals surface area contributed by atoms with Crippen LogP contribution in [0, 0.1) is 0 Å². The van der Waals surface area contributed by atoms with Crippen LogP contribution in [0.1, 0.15) is 41.4 Å². The molecule has 2 aliphatic carbocycles. The van der Waals surface area contributed by atoms with E-state index in [1.807, 2.05) is 0 Å². The highest BCUT2D eigenvalue weighted by molar-refractivity contribution is 6.22. The molecular formula is C20H14O5. The molecule has 2 aromatic rings. The Hall–Kier alpha value is -3.44. The predicted octanol–water partition coefficient (Wildman–Crippen LogP) is 2.42. The summed E-state index contributed by atoms with van der Waals surface area (Å²) in [5.74, 6) is -0.370. The summed E-state index contributed by atoms with van der Waals surface area (Å²) >= 11 is 0. The molecule has 2 N–H and O–H groups in total. The van der Waals surface area contributed by atoms with E-state index >= 15 is 0 Å². The summed E-state index contributed by atoms with van der Waals surface area (Å²) in [6.07, 6.45) is 5.24. The van der Waals surface area contributed by atoms with Crippen molar-refractivity contribution in [3.63, 3.8) is 0 Å². The molecule has 0 radical (unpaired) electrons. The highest BCUT2D eigenvalue weighted by atomic mass is 16.1. The highest BCUT2D eigenvalue weighted by Crippen LogP contribution is 2.16. The minimum Gasteiger partial charge on any atom is -0.412 e. The first-order chi connectivity index (χ1) is 11.6. The number of fused-ring (bicyclic) bond motifs is 2. The number of benzene rings is 2. The Morgan fingerprint density at radius 2 is 0.600 bits per heavy atom. The summed E-state index contributed by atoms with van der Waals surface area (Å²) in [5.41, 5.74) is 2.02. The zero-order chi connectivity index (χ0) is 17.1. The number of hydrogen-bond acceptors (Lipinski definition) is 4. The topological polar surface area (TPSA) is 99.8 Å². The standard InChI is InChI=1S/2C10H6O2.H2O/c2*11-9-5-6-10(12)8-4-2-1-3-7(8)9;/h2*1-6H;1H2. The fourth-order valence-corrected chi connectivity index (χ4v) is 2.49. The molecule has 124 valence electrons. The first-order valence-electron chi connectivity index (χ1n) is 7.29. The lowest BCUT2D eigenvalue weighted by atomic mass is 9.95. The fraction of sp³-hybridized carbons (Fsp3) is 0. The van der Waals surface area contributed by atoms with Crippen molar-refractivity contribution in [1.29, 1.82) is 0 Å². The first-order valence-corrected chi connectivity index (χ1v) is 7.29. The van der Waals surface area contributed by atoms with Gasteiger partial charge in [-0.25, -0.2) is 0 Å². The molecule has 0 heterocycles. The second-order valence-corrected chi connectivity index (χ2v) is 5.21. The van der Waals surface area contributed by atoms with E-state index in [1.165, 1.54) is 24.3 Å².